The summed E-state index contributed by atoms with van der Waals surface area (Å²) in [5.74, 6) is 0. The Morgan fingerprint density at radius 2 is 2.29 bits per heavy atom. The van der Waals surface area contributed by atoms with Crippen molar-refractivity contribution in [1.82, 2.24) is 5.32 Å². The van der Waals surface area contributed by atoms with Gasteiger partial charge in [-0.3, -0.25) is 0 Å². The van der Waals surface area contributed by atoms with Gasteiger partial charge < -0.3 is 10.1 Å². The molecule has 2 nitrogen and oxygen atoms in total. The molecule has 1 saturated heterocycles. The zero-order valence-corrected chi connectivity index (χ0v) is 13.6. The third-order valence-corrected chi connectivity index (χ3v) is 5.36. The normalized spacial score (nSPS) is 20.1. The quantitative estimate of drug-likeness (QED) is 0.785. The molecule has 1 aliphatic heterocycles. The molecule has 0 bridgehead atoms. The van der Waals surface area contributed by atoms with E-state index in [9.17, 15) is 0 Å². The van der Waals surface area contributed by atoms with Crippen molar-refractivity contribution >= 4 is 21.4 Å². The van der Waals surface area contributed by atoms with Gasteiger partial charge in [-0.2, -0.15) is 0 Å². The van der Waals surface area contributed by atoms with Crippen LogP contribution in [0.25, 0.3) is 10.1 Å². The maximum atomic E-state index is 5.74. The van der Waals surface area contributed by atoms with Gasteiger partial charge in [0.25, 0.3) is 0 Å². The Kier molecular flexibility index (Phi) is 5.28. The predicted molar refractivity (Wildman–Crippen MR) is 91.1 cm³/mol. The Morgan fingerprint density at radius 1 is 1.38 bits per heavy atom. The maximum Gasteiger partial charge on any atom is 0.0576 e. The van der Waals surface area contributed by atoms with E-state index in [4.69, 9.17) is 4.74 Å². The molecule has 3 rings (SSSR count). The zero-order valence-electron chi connectivity index (χ0n) is 12.8. The fraction of sp³-hybridized carbons (Fsp3) is 0.556. The number of ether oxygens (including phenoxy) is 1. The van der Waals surface area contributed by atoms with Gasteiger partial charge in [0.2, 0.25) is 0 Å². The Balaban J connectivity index is 1.65. The SMILES string of the molecule is CCNC(CCCC1CCCO1)c1csc2ccccc12. The van der Waals surface area contributed by atoms with Crippen molar-refractivity contribution in [3.63, 3.8) is 0 Å². The van der Waals surface area contributed by atoms with Crippen molar-refractivity contribution in [1.29, 1.82) is 0 Å². The highest BCUT2D eigenvalue weighted by Gasteiger charge is 2.18. The summed E-state index contributed by atoms with van der Waals surface area (Å²) in [5.41, 5.74) is 1.48. The second kappa shape index (κ2) is 7.39. The molecule has 0 radical (unpaired) electrons. The van der Waals surface area contributed by atoms with Crippen LogP contribution in [0, 0.1) is 0 Å². The van der Waals surface area contributed by atoms with Crippen LogP contribution in [0.2, 0.25) is 0 Å². The van der Waals surface area contributed by atoms with Crippen molar-refractivity contribution in [3.05, 3.63) is 35.2 Å². The van der Waals surface area contributed by atoms with E-state index in [1.54, 1.807) is 0 Å². The molecule has 3 heteroatoms. The summed E-state index contributed by atoms with van der Waals surface area (Å²) in [6, 6.07) is 9.23. The van der Waals surface area contributed by atoms with Crippen LogP contribution in [0.3, 0.4) is 0 Å². The van der Waals surface area contributed by atoms with Gasteiger partial charge in [-0.1, -0.05) is 25.1 Å². The van der Waals surface area contributed by atoms with Crippen LogP contribution in [-0.2, 0) is 4.74 Å². The second-order valence-corrected chi connectivity index (χ2v) is 6.77. The molecule has 0 saturated carbocycles. The minimum absolute atomic E-state index is 0.479. The minimum Gasteiger partial charge on any atom is -0.378 e. The largest absolute Gasteiger partial charge is 0.378 e. The lowest BCUT2D eigenvalue weighted by Crippen LogP contribution is -2.21. The first-order valence-electron chi connectivity index (χ1n) is 8.19. The van der Waals surface area contributed by atoms with Crippen LogP contribution in [0.4, 0.5) is 0 Å². The fourth-order valence-corrected chi connectivity index (χ4v) is 4.32. The molecule has 1 aromatic carbocycles. The van der Waals surface area contributed by atoms with Crippen molar-refractivity contribution in [2.45, 2.75) is 51.2 Å². The Bertz CT molecular complexity index is 559. The van der Waals surface area contributed by atoms with E-state index in [1.165, 1.54) is 47.8 Å². The van der Waals surface area contributed by atoms with E-state index < -0.39 is 0 Å². The van der Waals surface area contributed by atoms with Crippen molar-refractivity contribution in [3.8, 4) is 0 Å². The van der Waals surface area contributed by atoms with E-state index >= 15 is 0 Å². The van der Waals surface area contributed by atoms with Crippen LogP contribution in [0.1, 0.15) is 50.6 Å². The van der Waals surface area contributed by atoms with Crippen molar-refractivity contribution < 1.29 is 4.74 Å². The van der Waals surface area contributed by atoms with Crippen LogP contribution >= 0.6 is 11.3 Å². The van der Waals surface area contributed by atoms with Gasteiger partial charge >= 0.3 is 0 Å². The Labute approximate surface area is 131 Å². The van der Waals surface area contributed by atoms with Gasteiger partial charge in [0.05, 0.1) is 6.10 Å². The first-order valence-corrected chi connectivity index (χ1v) is 9.07. The van der Waals surface area contributed by atoms with Gasteiger partial charge in [0.15, 0.2) is 0 Å². The van der Waals surface area contributed by atoms with E-state index in [-0.39, 0.29) is 0 Å². The maximum absolute atomic E-state index is 5.74. The van der Waals surface area contributed by atoms with E-state index in [2.05, 4.69) is 41.9 Å². The first kappa shape index (κ1) is 15.0. The molecule has 0 spiro atoms. The molecule has 0 amide bonds. The summed E-state index contributed by atoms with van der Waals surface area (Å²) < 4.78 is 7.14. The topological polar surface area (TPSA) is 21.3 Å². The average molecular weight is 303 g/mol. The lowest BCUT2D eigenvalue weighted by atomic mass is 9.98. The third kappa shape index (κ3) is 3.65. The third-order valence-electron chi connectivity index (χ3n) is 4.38. The summed E-state index contributed by atoms with van der Waals surface area (Å²) >= 11 is 1.86. The molecule has 1 aromatic heterocycles. The highest BCUT2D eigenvalue weighted by Crippen LogP contribution is 2.33. The molecule has 21 heavy (non-hydrogen) atoms. The fourth-order valence-electron chi connectivity index (χ4n) is 3.30. The molecule has 2 unspecified atom stereocenters. The monoisotopic (exact) mass is 303 g/mol. The van der Waals surface area contributed by atoms with Crippen LogP contribution in [0.5, 0.6) is 0 Å². The zero-order chi connectivity index (χ0) is 14.5. The van der Waals surface area contributed by atoms with Gasteiger partial charge in [-0.25, -0.2) is 0 Å². The number of nitrogens with one attached hydrogen (secondary N) is 1. The Hall–Kier alpha value is -0.900. The van der Waals surface area contributed by atoms with Gasteiger partial charge in [-0.05, 0) is 61.0 Å². The molecule has 2 heterocycles. The highest BCUT2D eigenvalue weighted by molar-refractivity contribution is 7.17. The summed E-state index contributed by atoms with van der Waals surface area (Å²) in [6.07, 6.45) is 6.68. The van der Waals surface area contributed by atoms with E-state index in [1.807, 2.05) is 11.3 Å². The summed E-state index contributed by atoms with van der Waals surface area (Å²) in [6.45, 7) is 4.19. The lowest BCUT2D eigenvalue weighted by molar-refractivity contribution is 0.101. The molecule has 2 aromatic rings. The van der Waals surface area contributed by atoms with E-state index in [0.29, 0.717) is 12.1 Å². The lowest BCUT2D eigenvalue weighted by Gasteiger charge is -2.18. The summed E-state index contributed by atoms with van der Waals surface area (Å²) in [4.78, 5) is 0. The molecule has 1 N–H and O–H groups in total. The highest BCUT2D eigenvalue weighted by atomic mass is 32.1. The number of rotatable bonds is 7. The minimum atomic E-state index is 0.479. The number of thiophene rings is 1. The van der Waals surface area contributed by atoms with Gasteiger partial charge in [0, 0.05) is 17.3 Å². The number of hydrogen-bond acceptors (Lipinski definition) is 3. The van der Waals surface area contributed by atoms with Gasteiger partial charge in [-0.15, -0.1) is 11.3 Å². The van der Waals surface area contributed by atoms with E-state index in [0.717, 1.165) is 13.2 Å². The summed E-state index contributed by atoms with van der Waals surface area (Å²) in [5, 5.41) is 7.43. The molecular weight excluding hydrogens is 278 g/mol. The van der Waals surface area contributed by atoms with Crippen molar-refractivity contribution in [2.24, 2.45) is 0 Å². The van der Waals surface area contributed by atoms with Gasteiger partial charge in [0.1, 0.15) is 0 Å². The molecule has 1 aliphatic rings. The van der Waals surface area contributed by atoms with Crippen LogP contribution < -0.4 is 5.32 Å². The smallest absolute Gasteiger partial charge is 0.0576 e. The number of fused-ring (bicyclic) bond motifs is 1. The summed E-state index contributed by atoms with van der Waals surface area (Å²) in [7, 11) is 0. The standard InChI is InChI=1S/C18H25NOS/c1-2-19-17(10-5-7-14-8-6-12-20-14)16-13-21-18-11-4-3-9-15(16)18/h3-4,9,11,13-14,17,19H,2,5-8,10,12H2,1H3. The molecular formula is C18H25NOS. The Morgan fingerprint density at radius 3 is 3.10 bits per heavy atom. The molecule has 0 aliphatic carbocycles. The molecule has 114 valence electrons. The van der Waals surface area contributed by atoms with Crippen molar-refractivity contribution in [2.75, 3.05) is 13.2 Å². The average Bonchev–Trinajstić information content (AvgIpc) is 3.16. The predicted octanol–water partition coefficient (Wildman–Crippen LogP) is 4.90. The van der Waals surface area contributed by atoms with Crippen LogP contribution in [-0.4, -0.2) is 19.3 Å². The molecule has 1 fully saturated rings. The number of hydrogen-bond donors (Lipinski definition) is 1. The molecule has 2 atom stereocenters. The second-order valence-electron chi connectivity index (χ2n) is 5.86. The first-order chi connectivity index (χ1) is 10.4. The van der Waals surface area contributed by atoms with Crippen LogP contribution in [0.15, 0.2) is 29.6 Å². The number of benzene rings is 1.